The van der Waals surface area contributed by atoms with E-state index in [0.29, 0.717) is 12.5 Å². The fourth-order valence-corrected chi connectivity index (χ4v) is 4.01. The minimum atomic E-state index is 0.242. The van der Waals surface area contributed by atoms with Gasteiger partial charge in [0.2, 0.25) is 5.91 Å². The van der Waals surface area contributed by atoms with Gasteiger partial charge >= 0.3 is 0 Å². The number of aryl methyl sites for hydroxylation is 2. The predicted octanol–water partition coefficient (Wildman–Crippen LogP) is 2.94. The zero-order valence-corrected chi connectivity index (χ0v) is 15.1. The molecule has 0 N–H and O–H groups in total. The number of rotatable bonds is 6. The Morgan fingerprint density at radius 1 is 1.33 bits per heavy atom. The van der Waals surface area contributed by atoms with Gasteiger partial charge in [-0.05, 0) is 56.4 Å². The first-order chi connectivity index (χ1) is 11.6. The Kier molecular flexibility index (Phi) is 5.93. The van der Waals surface area contributed by atoms with Gasteiger partial charge in [-0.25, -0.2) is 0 Å². The summed E-state index contributed by atoms with van der Waals surface area (Å²) < 4.78 is 7.60. The first-order valence-electron chi connectivity index (χ1n) is 9.50. The van der Waals surface area contributed by atoms with Crippen LogP contribution in [0.4, 0.5) is 0 Å². The third-order valence-electron chi connectivity index (χ3n) is 5.56. The molecule has 5 heteroatoms. The van der Waals surface area contributed by atoms with Crippen molar-refractivity contribution in [3.8, 4) is 0 Å². The van der Waals surface area contributed by atoms with Gasteiger partial charge in [-0.1, -0.05) is 6.92 Å². The molecular weight excluding hydrogens is 302 g/mol. The first kappa shape index (κ1) is 17.5. The lowest BCUT2D eigenvalue weighted by molar-refractivity contribution is -0.136. The minimum Gasteiger partial charge on any atom is -0.376 e. The molecule has 1 saturated carbocycles. The lowest BCUT2D eigenvalue weighted by Gasteiger charge is -2.37. The maximum absolute atomic E-state index is 12.9. The zero-order valence-electron chi connectivity index (χ0n) is 15.1. The SMILES string of the molecule is CC1CCC(N(C[C@H]2CCCO2)C(=O)CCc2cnn(C)c2)CC1. The molecule has 1 aromatic heterocycles. The van der Waals surface area contributed by atoms with Crippen molar-refractivity contribution in [3.63, 3.8) is 0 Å². The molecule has 1 aliphatic heterocycles. The zero-order chi connectivity index (χ0) is 16.9. The van der Waals surface area contributed by atoms with E-state index >= 15 is 0 Å². The fourth-order valence-electron chi connectivity index (χ4n) is 4.01. The van der Waals surface area contributed by atoms with Crippen molar-refractivity contribution in [2.45, 2.75) is 70.4 Å². The maximum atomic E-state index is 12.9. The van der Waals surface area contributed by atoms with Crippen molar-refractivity contribution in [3.05, 3.63) is 18.0 Å². The van der Waals surface area contributed by atoms with Crippen molar-refractivity contribution in [2.24, 2.45) is 13.0 Å². The summed E-state index contributed by atoms with van der Waals surface area (Å²) in [5.74, 6) is 1.09. The van der Waals surface area contributed by atoms with E-state index in [4.69, 9.17) is 4.74 Å². The lowest BCUT2D eigenvalue weighted by Crippen LogP contribution is -2.46. The van der Waals surface area contributed by atoms with Crippen LogP contribution in [0, 0.1) is 5.92 Å². The highest BCUT2D eigenvalue weighted by Crippen LogP contribution is 2.28. The quantitative estimate of drug-likeness (QED) is 0.804. The van der Waals surface area contributed by atoms with Gasteiger partial charge in [0, 0.05) is 38.9 Å². The molecule has 1 saturated heterocycles. The second kappa shape index (κ2) is 8.15. The Morgan fingerprint density at radius 2 is 2.12 bits per heavy atom. The van der Waals surface area contributed by atoms with Crippen LogP contribution in [-0.4, -0.2) is 45.9 Å². The topological polar surface area (TPSA) is 47.4 Å². The second-order valence-corrected chi connectivity index (χ2v) is 7.62. The summed E-state index contributed by atoms with van der Waals surface area (Å²) in [6.45, 7) is 3.96. The summed E-state index contributed by atoms with van der Waals surface area (Å²) in [6.07, 6.45) is 12.4. The van der Waals surface area contributed by atoms with Crippen molar-refractivity contribution in [1.82, 2.24) is 14.7 Å². The number of amides is 1. The molecular formula is C19H31N3O2. The van der Waals surface area contributed by atoms with Gasteiger partial charge in [0.05, 0.1) is 12.3 Å². The van der Waals surface area contributed by atoms with Gasteiger partial charge in [-0.15, -0.1) is 0 Å². The van der Waals surface area contributed by atoms with Crippen molar-refractivity contribution in [2.75, 3.05) is 13.2 Å². The van der Waals surface area contributed by atoms with E-state index < -0.39 is 0 Å². The highest BCUT2D eigenvalue weighted by atomic mass is 16.5. The van der Waals surface area contributed by atoms with E-state index in [1.165, 1.54) is 12.8 Å². The molecule has 24 heavy (non-hydrogen) atoms. The van der Waals surface area contributed by atoms with Crippen LogP contribution in [0.3, 0.4) is 0 Å². The Labute approximate surface area is 145 Å². The number of carbonyl (C=O) groups is 1. The summed E-state index contributed by atoms with van der Waals surface area (Å²) in [5.41, 5.74) is 1.14. The molecule has 134 valence electrons. The predicted molar refractivity (Wildman–Crippen MR) is 93.6 cm³/mol. The molecule has 0 unspecified atom stereocenters. The molecule has 0 radical (unpaired) electrons. The van der Waals surface area contributed by atoms with Crippen molar-refractivity contribution >= 4 is 5.91 Å². The number of ether oxygens (including phenoxy) is 1. The lowest BCUT2D eigenvalue weighted by atomic mass is 9.86. The second-order valence-electron chi connectivity index (χ2n) is 7.62. The van der Waals surface area contributed by atoms with Crippen LogP contribution in [0.1, 0.15) is 57.4 Å². The summed E-state index contributed by atoms with van der Waals surface area (Å²) in [5, 5.41) is 4.19. The highest BCUT2D eigenvalue weighted by Gasteiger charge is 2.30. The van der Waals surface area contributed by atoms with Gasteiger partial charge in [0.15, 0.2) is 0 Å². The standard InChI is InChI=1S/C19H31N3O2/c1-15-5-8-17(9-6-15)22(14-18-4-3-11-24-18)19(23)10-7-16-12-20-21(2)13-16/h12-13,15,17-18H,3-11,14H2,1-2H3/t15?,17?,18-/m1/s1. The summed E-state index contributed by atoms with van der Waals surface area (Å²) in [7, 11) is 1.91. The Balaban J connectivity index is 1.59. The average molecular weight is 333 g/mol. The molecule has 1 amide bonds. The number of carbonyl (C=O) groups excluding carboxylic acids is 1. The normalized spacial score (nSPS) is 27.3. The van der Waals surface area contributed by atoms with Gasteiger partial charge in [-0.3, -0.25) is 9.48 Å². The van der Waals surface area contributed by atoms with Crippen LogP contribution in [0.2, 0.25) is 0 Å². The Bertz CT molecular complexity index is 528. The van der Waals surface area contributed by atoms with Crippen LogP contribution in [0.5, 0.6) is 0 Å². The Hall–Kier alpha value is -1.36. The van der Waals surface area contributed by atoms with E-state index in [9.17, 15) is 4.79 Å². The molecule has 0 aromatic carbocycles. The average Bonchev–Trinajstić information content (AvgIpc) is 3.23. The number of hydrogen-bond acceptors (Lipinski definition) is 3. The smallest absolute Gasteiger partial charge is 0.223 e. The van der Waals surface area contributed by atoms with E-state index in [0.717, 1.165) is 56.7 Å². The van der Waals surface area contributed by atoms with E-state index in [1.54, 1.807) is 4.68 Å². The monoisotopic (exact) mass is 333 g/mol. The van der Waals surface area contributed by atoms with E-state index in [1.807, 2.05) is 19.4 Å². The summed E-state index contributed by atoms with van der Waals surface area (Å²) in [6, 6.07) is 0.409. The maximum Gasteiger partial charge on any atom is 0.223 e. The van der Waals surface area contributed by atoms with Gasteiger partial charge in [-0.2, -0.15) is 5.10 Å². The minimum absolute atomic E-state index is 0.242. The molecule has 1 aromatic rings. The highest BCUT2D eigenvalue weighted by molar-refractivity contribution is 5.76. The largest absolute Gasteiger partial charge is 0.376 e. The van der Waals surface area contributed by atoms with Crippen molar-refractivity contribution < 1.29 is 9.53 Å². The molecule has 1 aliphatic carbocycles. The molecule has 2 heterocycles. The molecule has 2 fully saturated rings. The van der Waals surface area contributed by atoms with Crippen molar-refractivity contribution in [1.29, 1.82) is 0 Å². The molecule has 0 spiro atoms. The molecule has 2 aliphatic rings. The number of aromatic nitrogens is 2. The van der Waals surface area contributed by atoms with E-state index in [2.05, 4.69) is 16.9 Å². The number of hydrogen-bond donors (Lipinski definition) is 0. The van der Waals surface area contributed by atoms with Crippen LogP contribution < -0.4 is 0 Å². The fraction of sp³-hybridized carbons (Fsp3) is 0.789. The molecule has 1 atom stereocenters. The molecule has 3 rings (SSSR count). The van der Waals surface area contributed by atoms with E-state index in [-0.39, 0.29) is 12.0 Å². The van der Waals surface area contributed by atoms with Gasteiger partial charge < -0.3 is 9.64 Å². The van der Waals surface area contributed by atoms with Gasteiger partial charge in [0.1, 0.15) is 0 Å². The summed E-state index contributed by atoms with van der Waals surface area (Å²) in [4.78, 5) is 15.1. The van der Waals surface area contributed by atoms with Crippen LogP contribution >= 0.6 is 0 Å². The van der Waals surface area contributed by atoms with Crippen LogP contribution in [0.15, 0.2) is 12.4 Å². The first-order valence-corrected chi connectivity index (χ1v) is 9.50. The van der Waals surface area contributed by atoms with Crippen LogP contribution in [-0.2, 0) is 23.0 Å². The van der Waals surface area contributed by atoms with Gasteiger partial charge in [0.25, 0.3) is 0 Å². The molecule has 5 nitrogen and oxygen atoms in total. The Morgan fingerprint density at radius 3 is 2.75 bits per heavy atom. The summed E-state index contributed by atoms with van der Waals surface area (Å²) >= 11 is 0. The van der Waals surface area contributed by atoms with Crippen LogP contribution in [0.25, 0.3) is 0 Å². The third kappa shape index (κ3) is 4.59. The number of nitrogens with zero attached hydrogens (tertiary/aromatic N) is 3. The molecule has 0 bridgehead atoms. The third-order valence-corrected chi connectivity index (χ3v) is 5.56.